The molecular formula is C17H14N2O3. The number of nitrogens with zero attached hydrogens (tertiary/aromatic N) is 1. The number of rotatable bonds is 4. The zero-order chi connectivity index (χ0) is 15.5. The molecule has 0 spiro atoms. The summed E-state index contributed by atoms with van der Waals surface area (Å²) in [4.78, 5) is 18.8. The third-order valence-corrected chi connectivity index (χ3v) is 3.41. The van der Waals surface area contributed by atoms with Gasteiger partial charge in [-0.15, -0.1) is 0 Å². The van der Waals surface area contributed by atoms with Crippen molar-refractivity contribution in [2.75, 3.05) is 7.11 Å². The van der Waals surface area contributed by atoms with Crippen molar-refractivity contribution < 1.29 is 14.6 Å². The van der Waals surface area contributed by atoms with Crippen molar-refractivity contribution in [3.63, 3.8) is 0 Å². The first-order valence-electron chi connectivity index (χ1n) is 6.70. The third kappa shape index (κ3) is 2.56. The molecule has 0 saturated heterocycles. The van der Waals surface area contributed by atoms with E-state index in [9.17, 15) is 9.90 Å². The largest absolute Gasteiger partial charge is 0.497 e. The van der Waals surface area contributed by atoms with Crippen LogP contribution < -0.4 is 4.74 Å². The van der Waals surface area contributed by atoms with Crippen molar-refractivity contribution >= 4 is 28.7 Å². The molecule has 0 aliphatic heterocycles. The van der Waals surface area contributed by atoms with E-state index in [1.54, 1.807) is 49.8 Å². The van der Waals surface area contributed by atoms with Crippen LogP contribution in [0.4, 0.5) is 0 Å². The van der Waals surface area contributed by atoms with Gasteiger partial charge >= 0.3 is 5.97 Å². The Kier molecular flexibility index (Phi) is 3.62. The summed E-state index contributed by atoms with van der Waals surface area (Å²) in [5.41, 5.74) is 2.35. The van der Waals surface area contributed by atoms with Crippen molar-refractivity contribution in [2.24, 2.45) is 0 Å². The average Bonchev–Trinajstić information content (AvgIpc) is 2.95. The number of carbonyl (C=O) groups is 1. The first-order chi connectivity index (χ1) is 10.7. The molecule has 0 radical (unpaired) electrons. The lowest BCUT2D eigenvalue weighted by Gasteiger charge is -2.04. The van der Waals surface area contributed by atoms with E-state index in [0.717, 1.165) is 16.6 Å². The van der Waals surface area contributed by atoms with Crippen LogP contribution in [0.1, 0.15) is 11.1 Å². The highest BCUT2D eigenvalue weighted by molar-refractivity contribution is 6.21. The van der Waals surface area contributed by atoms with Gasteiger partial charge in [-0.05, 0) is 35.9 Å². The highest BCUT2D eigenvalue weighted by atomic mass is 16.5. The second kappa shape index (κ2) is 5.73. The summed E-state index contributed by atoms with van der Waals surface area (Å²) in [6.45, 7) is 0. The fourth-order valence-electron chi connectivity index (χ4n) is 2.29. The van der Waals surface area contributed by atoms with Crippen molar-refractivity contribution in [3.8, 4) is 5.75 Å². The van der Waals surface area contributed by atoms with Gasteiger partial charge in [0, 0.05) is 23.3 Å². The van der Waals surface area contributed by atoms with Crippen molar-refractivity contribution in [1.82, 2.24) is 9.97 Å². The normalized spacial score (nSPS) is 11.6. The predicted molar refractivity (Wildman–Crippen MR) is 84.6 cm³/mol. The number of carboxylic acid groups (broad SMARTS) is 1. The first-order valence-corrected chi connectivity index (χ1v) is 6.70. The van der Waals surface area contributed by atoms with Gasteiger partial charge in [0.2, 0.25) is 0 Å². The SMILES string of the molecule is COc1ccc(C(=Cc2c[nH]c3ncccc23)C(=O)O)cc1. The fourth-order valence-corrected chi connectivity index (χ4v) is 2.29. The molecule has 0 aliphatic carbocycles. The summed E-state index contributed by atoms with van der Waals surface area (Å²) in [7, 11) is 1.57. The maximum Gasteiger partial charge on any atom is 0.336 e. The molecule has 3 rings (SSSR count). The number of aromatic nitrogens is 2. The molecule has 5 nitrogen and oxygen atoms in total. The number of aliphatic carboxylic acids is 1. The summed E-state index contributed by atoms with van der Waals surface area (Å²) in [5, 5.41) is 10.4. The minimum atomic E-state index is -0.983. The average molecular weight is 294 g/mol. The summed E-state index contributed by atoms with van der Waals surface area (Å²) in [6.07, 6.45) is 5.09. The number of aromatic amines is 1. The number of ether oxygens (including phenoxy) is 1. The molecule has 2 aromatic heterocycles. The number of nitrogens with one attached hydrogen (secondary N) is 1. The molecule has 0 amide bonds. The zero-order valence-corrected chi connectivity index (χ0v) is 11.9. The Balaban J connectivity index is 2.08. The standard InChI is InChI=1S/C17H14N2O3/c1-22-13-6-4-11(5-7-13)15(17(20)21)9-12-10-19-16-14(12)3-2-8-18-16/h2-10H,1H3,(H,18,19)(H,20,21). The lowest BCUT2D eigenvalue weighted by molar-refractivity contribution is -0.130. The van der Waals surface area contributed by atoms with Crippen molar-refractivity contribution in [1.29, 1.82) is 0 Å². The van der Waals surface area contributed by atoms with E-state index in [1.807, 2.05) is 12.1 Å². The van der Waals surface area contributed by atoms with E-state index >= 15 is 0 Å². The summed E-state index contributed by atoms with van der Waals surface area (Å²) in [5.74, 6) is -0.298. The molecular weight excluding hydrogens is 280 g/mol. The van der Waals surface area contributed by atoms with Gasteiger partial charge in [0.15, 0.2) is 0 Å². The van der Waals surface area contributed by atoms with Crippen molar-refractivity contribution in [2.45, 2.75) is 0 Å². The highest BCUT2D eigenvalue weighted by Gasteiger charge is 2.12. The number of benzene rings is 1. The number of hydrogen-bond donors (Lipinski definition) is 2. The summed E-state index contributed by atoms with van der Waals surface area (Å²) in [6, 6.07) is 10.7. The Morgan fingerprint density at radius 3 is 2.73 bits per heavy atom. The van der Waals surface area contributed by atoms with Gasteiger partial charge < -0.3 is 14.8 Å². The summed E-state index contributed by atoms with van der Waals surface area (Å²) < 4.78 is 5.09. The lowest BCUT2D eigenvalue weighted by atomic mass is 10.0. The molecule has 3 aromatic rings. The van der Waals surface area contributed by atoms with Crippen LogP contribution in [-0.2, 0) is 4.79 Å². The maximum absolute atomic E-state index is 11.6. The minimum Gasteiger partial charge on any atom is -0.497 e. The van der Waals surface area contributed by atoms with Crippen LogP contribution >= 0.6 is 0 Å². The number of hydrogen-bond acceptors (Lipinski definition) is 3. The van der Waals surface area contributed by atoms with Gasteiger partial charge in [-0.1, -0.05) is 12.1 Å². The molecule has 1 aromatic carbocycles. The number of carboxylic acids is 1. The van der Waals surface area contributed by atoms with E-state index < -0.39 is 5.97 Å². The number of fused-ring (bicyclic) bond motifs is 1. The molecule has 0 unspecified atom stereocenters. The van der Waals surface area contributed by atoms with Gasteiger partial charge in [-0.25, -0.2) is 9.78 Å². The van der Waals surface area contributed by atoms with E-state index in [0.29, 0.717) is 11.3 Å². The van der Waals surface area contributed by atoms with Gasteiger partial charge in [-0.2, -0.15) is 0 Å². The summed E-state index contributed by atoms with van der Waals surface area (Å²) >= 11 is 0. The molecule has 0 saturated carbocycles. The van der Waals surface area contributed by atoms with Crippen LogP contribution in [0.3, 0.4) is 0 Å². The topological polar surface area (TPSA) is 75.2 Å². The quantitative estimate of drug-likeness (QED) is 0.725. The molecule has 0 bridgehead atoms. The third-order valence-electron chi connectivity index (χ3n) is 3.41. The van der Waals surface area contributed by atoms with Crippen LogP contribution in [0.5, 0.6) is 5.75 Å². The van der Waals surface area contributed by atoms with E-state index in [2.05, 4.69) is 9.97 Å². The van der Waals surface area contributed by atoms with Crippen LogP contribution in [0.15, 0.2) is 48.8 Å². The predicted octanol–water partition coefficient (Wildman–Crippen LogP) is 3.20. The molecule has 22 heavy (non-hydrogen) atoms. The van der Waals surface area contributed by atoms with Crippen molar-refractivity contribution in [3.05, 3.63) is 59.9 Å². The van der Waals surface area contributed by atoms with Crippen LogP contribution in [-0.4, -0.2) is 28.2 Å². The van der Waals surface area contributed by atoms with Gasteiger partial charge in [0.25, 0.3) is 0 Å². The Bertz CT molecular complexity index is 848. The number of H-pyrrole nitrogens is 1. The van der Waals surface area contributed by atoms with Crippen LogP contribution in [0.25, 0.3) is 22.7 Å². The molecule has 0 fully saturated rings. The van der Waals surface area contributed by atoms with Gasteiger partial charge in [0.05, 0.1) is 12.7 Å². The highest BCUT2D eigenvalue weighted by Crippen LogP contribution is 2.24. The molecule has 2 heterocycles. The Morgan fingerprint density at radius 1 is 1.27 bits per heavy atom. The van der Waals surface area contributed by atoms with Gasteiger partial charge in [-0.3, -0.25) is 0 Å². The smallest absolute Gasteiger partial charge is 0.336 e. The first kappa shape index (κ1) is 13.9. The number of pyridine rings is 1. The molecule has 5 heteroatoms. The molecule has 110 valence electrons. The van der Waals surface area contributed by atoms with E-state index in [1.165, 1.54) is 0 Å². The monoisotopic (exact) mass is 294 g/mol. The number of methoxy groups -OCH3 is 1. The minimum absolute atomic E-state index is 0.215. The second-order valence-electron chi connectivity index (χ2n) is 4.74. The van der Waals surface area contributed by atoms with Crippen LogP contribution in [0, 0.1) is 0 Å². The maximum atomic E-state index is 11.6. The van der Waals surface area contributed by atoms with Crippen LogP contribution in [0.2, 0.25) is 0 Å². The fraction of sp³-hybridized carbons (Fsp3) is 0.0588. The zero-order valence-electron chi connectivity index (χ0n) is 11.9. The Morgan fingerprint density at radius 2 is 2.05 bits per heavy atom. The Labute approximate surface area is 126 Å². The van der Waals surface area contributed by atoms with E-state index in [4.69, 9.17) is 4.74 Å². The van der Waals surface area contributed by atoms with Gasteiger partial charge in [0.1, 0.15) is 11.4 Å². The van der Waals surface area contributed by atoms with E-state index in [-0.39, 0.29) is 5.57 Å². The molecule has 2 N–H and O–H groups in total. The molecule has 0 atom stereocenters. The Hall–Kier alpha value is -3.08. The second-order valence-corrected chi connectivity index (χ2v) is 4.74. The lowest BCUT2D eigenvalue weighted by Crippen LogP contribution is -1.99. The molecule has 0 aliphatic rings.